The smallest absolute Gasteiger partial charge is 0.307 e. The molecule has 3 aromatic rings. The molecule has 3 amide bonds. The van der Waals surface area contributed by atoms with E-state index >= 15 is 0 Å². The summed E-state index contributed by atoms with van der Waals surface area (Å²) in [7, 11) is 0. The van der Waals surface area contributed by atoms with Crippen LogP contribution in [0.1, 0.15) is 34.3 Å². The summed E-state index contributed by atoms with van der Waals surface area (Å²) in [6.07, 6.45) is 0. The summed E-state index contributed by atoms with van der Waals surface area (Å²) < 4.78 is 0. The summed E-state index contributed by atoms with van der Waals surface area (Å²) in [4.78, 5) is 36.5. The van der Waals surface area contributed by atoms with Gasteiger partial charge in [-0.05, 0) is 30.2 Å². The van der Waals surface area contributed by atoms with Crippen molar-refractivity contribution in [2.45, 2.75) is 12.8 Å². The van der Waals surface area contributed by atoms with Gasteiger partial charge >= 0.3 is 6.03 Å². The van der Waals surface area contributed by atoms with Crippen molar-refractivity contribution in [3.8, 4) is 0 Å². The van der Waals surface area contributed by atoms with E-state index in [0.717, 1.165) is 11.1 Å². The molecule has 0 saturated carbocycles. The summed E-state index contributed by atoms with van der Waals surface area (Å²) >= 11 is 0. The molecule has 0 aliphatic heterocycles. The van der Waals surface area contributed by atoms with E-state index in [1.54, 1.807) is 24.3 Å². The first kappa shape index (κ1) is 19.8. The van der Waals surface area contributed by atoms with Crippen LogP contribution in [0.2, 0.25) is 0 Å². The van der Waals surface area contributed by atoms with Crippen molar-refractivity contribution < 1.29 is 14.4 Å². The van der Waals surface area contributed by atoms with E-state index in [9.17, 15) is 14.4 Å². The lowest BCUT2D eigenvalue weighted by Gasteiger charge is -2.18. The second kappa shape index (κ2) is 9.32. The zero-order chi connectivity index (χ0) is 20.6. The van der Waals surface area contributed by atoms with Crippen LogP contribution < -0.4 is 16.2 Å². The predicted molar refractivity (Wildman–Crippen MR) is 111 cm³/mol. The Kier molecular flexibility index (Phi) is 6.37. The minimum absolute atomic E-state index is 0.101. The Morgan fingerprint density at radius 1 is 0.724 bits per heavy atom. The molecule has 0 aromatic heterocycles. The Morgan fingerprint density at radius 2 is 1.31 bits per heavy atom. The van der Waals surface area contributed by atoms with Crippen LogP contribution in [-0.2, 0) is 4.79 Å². The van der Waals surface area contributed by atoms with Gasteiger partial charge in [0.1, 0.15) is 0 Å². The molecule has 3 N–H and O–H groups in total. The molecule has 3 aromatic carbocycles. The first-order valence-corrected chi connectivity index (χ1v) is 9.12. The average Bonchev–Trinajstić information content (AvgIpc) is 2.74. The molecular formula is C23H21N3O3. The molecule has 0 atom stereocenters. The van der Waals surface area contributed by atoms with E-state index in [1.807, 2.05) is 60.7 Å². The third kappa shape index (κ3) is 5.29. The molecule has 6 nitrogen and oxygen atoms in total. The van der Waals surface area contributed by atoms with Crippen molar-refractivity contribution in [2.24, 2.45) is 0 Å². The molecule has 0 unspecified atom stereocenters. The number of carbonyl (C=O) groups is 3. The number of rotatable bonds is 5. The average molecular weight is 387 g/mol. The molecule has 0 bridgehead atoms. The van der Waals surface area contributed by atoms with Crippen LogP contribution in [0.25, 0.3) is 0 Å². The number of carbonyl (C=O) groups excluding carboxylic acids is 3. The normalized spacial score (nSPS) is 10.3. The predicted octanol–water partition coefficient (Wildman–Crippen LogP) is 3.87. The van der Waals surface area contributed by atoms with Crippen LogP contribution in [0.5, 0.6) is 0 Å². The highest BCUT2D eigenvalue weighted by atomic mass is 16.2. The number of Topliss-reactive ketones (excluding diaryl/α,β-unsaturated/α-hetero) is 1. The number of amides is 3. The summed E-state index contributed by atoms with van der Waals surface area (Å²) in [5.41, 5.74) is 7.40. The lowest BCUT2D eigenvalue weighted by molar-refractivity contribution is -0.122. The van der Waals surface area contributed by atoms with Crippen LogP contribution in [0.15, 0.2) is 84.9 Å². The van der Waals surface area contributed by atoms with Crippen LogP contribution >= 0.6 is 0 Å². The largest absolute Gasteiger partial charge is 0.337 e. The van der Waals surface area contributed by atoms with Crippen molar-refractivity contribution >= 4 is 23.4 Å². The molecule has 0 radical (unpaired) electrons. The topological polar surface area (TPSA) is 87.3 Å². The van der Waals surface area contributed by atoms with E-state index in [1.165, 1.54) is 6.92 Å². The molecule has 0 aliphatic rings. The van der Waals surface area contributed by atoms with Gasteiger partial charge in [-0.15, -0.1) is 0 Å². The Labute approximate surface area is 168 Å². The van der Waals surface area contributed by atoms with Gasteiger partial charge in [0.05, 0.1) is 5.92 Å². The quantitative estimate of drug-likeness (QED) is 0.459. The Morgan fingerprint density at radius 3 is 1.86 bits per heavy atom. The molecule has 0 saturated heterocycles. The monoisotopic (exact) mass is 387 g/mol. The van der Waals surface area contributed by atoms with Crippen molar-refractivity contribution in [3.05, 3.63) is 102 Å². The first-order valence-electron chi connectivity index (χ1n) is 9.12. The zero-order valence-corrected chi connectivity index (χ0v) is 15.9. The van der Waals surface area contributed by atoms with E-state index in [2.05, 4.69) is 16.2 Å². The third-order valence-corrected chi connectivity index (χ3v) is 4.35. The number of benzene rings is 3. The Bertz CT molecular complexity index is 965. The number of nitrogens with one attached hydrogen (secondary N) is 3. The minimum atomic E-state index is -0.612. The highest BCUT2D eigenvalue weighted by molar-refractivity contribution is 5.97. The lowest BCUT2D eigenvalue weighted by atomic mass is 9.91. The second-order valence-corrected chi connectivity index (χ2v) is 6.46. The summed E-state index contributed by atoms with van der Waals surface area (Å²) in [6, 6.07) is 24.6. The maximum atomic E-state index is 12.8. The number of hydrazine groups is 1. The van der Waals surface area contributed by atoms with Gasteiger partial charge in [-0.2, -0.15) is 0 Å². The third-order valence-electron chi connectivity index (χ3n) is 4.35. The number of hydrogen-bond acceptors (Lipinski definition) is 3. The number of anilines is 1. The summed E-state index contributed by atoms with van der Waals surface area (Å²) in [5.74, 6) is -1.04. The fourth-order valence-electron chi connectivity index (χ4n) is 2.95. The molecular weight excluding hydrogens is 366 g/mol. The summed E-state index contributed by atoms with van der Waals surface area (Å²) in [6.45, 7) is 1.45. The molecule has 0 aliphatic carbocycles. The Hall–Kier alpha value is -3.93. The maximum Gasteiger partial charge on any atom is 0.337 e. The second-order valence-electron chi connectivity index (χ2n) is 6.46. The standard InChI is InChI=1S/C23H21N3O3/c1-16(27)19-13-8-14-20(15-19)24-23(29)26-25-22(28)21(17-9-4-2-5-10-17)18-11-6-3-7-12-18/h2-15,21H,1H3,(H,25,28)(H2,24,26,29). The SMILES string of the molecule is CC(=O)c1cccc(NC(=O)NNC(=O)C(c2ccccc2)c2ccccc2)c1. The lowest BCUT2D eigenvalue weighted by Crippen LogP contribution is -2.46. The molecule has 6 heteroatoms. The highest BCUT2D eigenvalue weighted by Gasteiger charge is 2.22. The number of ketones is 1. The molecule has 146 valence electrons. The van der Waals surface area contributed by atoms with Gasteiger partial charge in [-0.1, -0.05) is 72.8 Å². The van der Waals surface area contributed by atoms with Crippen LogP contribution in [0.4, 0.5) is 10.5 Å². The van der Waals surface area contributed by atoms with E-state index in [4.69, 9.17) is 0 Å². The van der Waals surface area contributed by atoms with Crippen LogP contribution in [0.3, 0.4) is 0 Å². The molecule has 3 rings (SSSR count). The van der Waals surface area contributed by atoms with Crippen molar-refractivity contribution in [1.29, 1.82) is 0 Å². The summed E-state index contributed by atoms with van der Waals surface area (Å²) in [5, 5.41) is 2.59. The van der Waals surface area contributed by atoms with Crippen molar-refractivity contribution in [3.63, 3.8) is 0 Å². The molecule has 0 heterocycles. The van der Waals surface area contributed by atoms with Gasteiger partial charge in [-0.25, -0.2) is 10.2 Å². The molecule has 0 spiro atoms. The molecule has 0 fully saturated rings. The van der Waals surface area contributed by atoms with E-state index in [-0.39, 0.29) is 11.7 Å². The fourth-order valence-corrected chi connectivity index (χ4v) is 2.95. The zero-order valence-electron chi connectivity index (χ0n) is 15.9. The van der Waals surface area contributed by atoms with Gasteiger partial charge in [-0.3, -0.25) is 15.0 Å². The van der Waals surface area contributed by atoms with Gasteiger partial charge in [0, 0.05) is 11.3 Å². The Balaban J connectivity index is 1.68. The number of hydrogen-bond donors (Lipinski definition) is 3. The van der Waals surface area contributed by atoms with Crippen molar-refractivity contribution in [1.82, 2.24) is 10.9 Å². The van der Waals surface area contributed by atoms with Crippen LogP contribution in [0, 0.1) is 0 Å². The van der Waals surface area contributed by atoms with Crippen LogP contribution in [-0.4, -0.2) is 17.7 Å². The first-order chi connectivity index (χ1) is 14.0. The number of urea groups is 1. The van der Waals surface area contributed by atoms with Gasteiger partial charge in [0.2, 0.25) is 5.91 Å². The molecule has 29 heavy (non-hydrogen) atoms. The van der Waals surface area contributed by atoms with Gasteiger partial charge < -0.3 is 5.32 Å². The fraction of sp³-hybridized carbons (Fsp3) is 0.0870. The van der Waals surface area contributed by atoms with E-state index in [0.29, 0.717) is 11.3 Å². The van der Waals surface area contributed by atoms with E-state index < -0.39 is 11.9 Å². The van der Waals surface area contributed by atoms with Gasteiger partial charge in [0.25, 0.3) is 0 Å². The van der Waals surface area contributed by atoms with Crippen molar-refractivity contribution in [2.75, 3.05) is 5.32 Å². The van der Waals surface area contributed by atoms with Gasteiger partial charge in [0.15, 0.2) is 5.78 Å². The minimum Gasteiger partial charge on any atom is -0.307 e. The highest BCUT2D eigenvalue weighted by Crippen LogP contribution is 2.24. The maximum absolute atomic E-state index is 12.8.